The van der Waals surface area contributed by atoms with Gasteiger partial charge in [0.25, 0.3) is 5.69 Å². The summed E-state index contributed by atoms with van der Waals surface area (Å²) in [5.41, 5.74) is 1.29. The van der Waals surface area contributed by atoms with Gasteiger partial charge in [-0.25, -0.2) is 4.79 Å². The van der Waals surface area contributed by atoms with E-state index in [1.54, 1.807) is 18.4 Å². The molecule has 126 valence electrons. The zero-order chi connectivity index (χ0) is 17.6. The first-order chi connectivity index (χ1) is 12.1. The molecule has 0 aliphatic rings. The Labute approximate surface area is 143 Å². The molecule has 0 aliphatic carbocycles. The van der Waals surface area contributed by atoms with Gasteiger partial charge in [0, 0.05) is 17.8 Å². The summed E-state index contributed by atoms with van der Waals surface area (Å²) in [6.07, 6.45) is 1.54. The van der Waals surface area contributed by atoms with Crippen molar-refractivity contribution in [2.75, 3.05) is 5.32 Å². The third-order valence-electron chi connectivity index (χ3n) is 3.57. The summed E-state index contributed by atoms with van der Waals surface area (Å²) in [5, 5.41) is 16.2. The molecule has 1 aromatic heterocycles. The van der Waals surface area contributed by atoms with E-state index in [9.17, 15) is 14.9 Å². The molecule has 2 N–H and O–H groups in total. The Bertz CT molecular complexity index is 846. The Hall–Kier alpha value is -3.61. The first-order valence-corrected chi connectivity index (χ1v) is 7.54. The Morgan fingerprint density at radius 3 is 2.32 bits per heavy atom. The lowest BCUT2D eigenvalue weighted by Crippen LogP contribution is -2.33. The zero-order valence-corrected chi connectivity index (χ0v) is 13.1. The molecule has 0 radical (unpaired) electrons. The fraction of sp³-hybridized carbons (Fsp3) is 0.0556. The minimum atomic E-state index is -0.494. The van der Waals surface area contributed by atoms with Crippen molar-refractivity contribution in [3.63, 3.8) is 0 Å². The quantitative estimate of drug-likeness (QED) is 0.541. The normalized spacial score (nSPS) is 11.5. The van der Waals surface area contributed by atoms with Crippen LogP contribution in [0.4, 0.5) is 16.2 Å². The first-order valence-electron chi connectivity index (χ1n) is 7.54. The van der Waals surface area contributed by atoms with Gasteiger partial charge < -0.3 is 15.1 Å². The lowest BCUT2D eigenvalue weighted by molar-refractivity contribution is -0.384. The number of carbonyl (C=O) groups excluding carboxylic acids is 1. The van der Waals surface area contributed by atoms with Crippen molar-refractivity contribution in [2.24, 2.45) is 0 Å². The van der Waals surface area contributed by atoms with Gasteiger partial charge in [-0.2, -0.15) is 0 Å². The van der Waals surface area contributed by atoms with Crippen LogP contribution in [0.25, 0.3) is 0 Å². The lowest BCUT2D eigenvalue weighted by Gasteiger charge is -2.17. The first kappa shape index (κ1) is 16.3. The number of benzene rings is 2. The molecule has 3 aromatic rings. The smallest absolute Gasteiger partial charge is 0.320 e. The number of furan rings is 1. The topological polar surface area (TPSA) is 97.4 Å². The summed E-state index contributed by atoms with van der Waals surface area (Å²) in [6.45, 7) is 0. The van der Waals surface area contributed by atoms with Crippen LogP contribution in [0.5, 0.6) is 0 Å². The van der Waals surface area contributed by atoms with E-state index in [0.717, 1.165) is 5.56 Å². The highest BCUT2D eigenvalue weighted by Gasteiger charge is 2.19. The Morgan fingerprint density at radius 1 is 1.00 bits per heavy atom. The lowest BCUT2D eigenvalue weighted by atomic mass is 10.1. The molecule has 0 aliphatic heterocycles. The van der Waals surface area contributed by atoms with Gasteiger partial charge in [-0.1, -0.05) is 30.3 Å². The van der Waals surface area contributed by atoms with Gasteiger partial charge in [-0.15, -0.1) is 0 Å². The molecule has 3 rings (SSSR count). The maximum absolute atomic E-state index is 12.3. The molecule has 0 fully saturated rings. The molecule has 0 saturated carbocycles. The summed E-state index contributed by atoms with van der Waals surface area (Å²) >= 11 is 0. The molecule has 7 nitrogen and oxygen atoms in total. The van der Waals surface area contributed by atoms with Crippen LogP contribution in [-0.4, -0.2) is 11.0 Å². The number of urea groups is 1. The number of hydrogen-bond donors (Lipinski definition) is 2. The molecule has 0 saturated heterocycles. The Morgan fingerprint density at radius 2 is 1.72 bits per heavy atom. The van der Waals surface area contributed by atoms with E-state index in [0.29, 0.717) is 11.4 Å². The zero-order valence-electron chi connectivity index (χ0n) is 13.1. The van der Waals surface area contributed by atoms with Gasteiger partial charge >= 0.3 is 6.03 Å². The van der Waals surface area contributed by atoms with Crippen LogP contribution in [0.2, 0.25) is 0 Å². The SMILES string of the molecule is O=C(Nc1ccc([N+](=O)[O-])cc1)NC(c1ccccc1)c1ccco1. The van der Waals surface area contributed by atoms with Crippen LogP contribution in [0.3, 0.4) is 0 Å². The van der Waals surface area contributed by atoms with E-state index in [2.05, 4.69) is 10.6 Å². The Kier molecular flexibility index (Phi) is 4.75. The third-order valence-corrected chi connectivity index (χ3v) is 3.57. The van der Waals surface area contributed by atoms with Crippen LogP contribution in [-0.2, 0) is 0 Å². The predicted octanol–water partition coefficient (Wildman–Crippen LogP) is 4.10. The molecule has 1 unspecified atom stereocenters. The number of nitro groups is 1. The standard InChI is InChI=1S/C18H15N3O4/c22-18(19-14-8-10-15(11-9-14)21(23)24)20-17(16-7-4-12-25-16)13-5-2-1-3-6-13/h1-12,17H,(H2,19,20,22). The molecule has 1 atom stereocenters. The summed E-state index contributed by atoms with van der Waals surface area (Å²) < 4.78 is 5.43. The number of nitrogens with one attached hydrogen (secondary N) is 2. The average molecular weight is 337 g/mol. The number of nitro benzene ring substituents is 1. The molecule has 2 aromatic carbocycles. The minimum Gasteiger partial charge on any atom is -0.467 e. The van der Waals surface area contributed by atoms with Crippen molar-refractivity contribution in [1.82, 2.24) is 5.32 Å². The third kappa shape index (κ3) is 4.03. The van der Waals surface area contributed by atoms with Crippen LogP contribution in [0, 0.1) is 10.1 Å². The van der Waals surface area contributed by atoms with Crippen molar-refractivity contribution in [3.05, 3.63) is 94.4 Å². The molecule has 7 heteroatoms. The van der Waals surface area contributed by atoms with Gasteiger partial charge in [0.1, 0.15) is 11.8 Å². The van der Waals surface area contributed by atoms with Gasteiger partial charge in [0.2, 0.25) is 0 Å². The van der Waals surface area contributed by atoms with E-state index in [-0.39, 0.29) is 5.69 Å². The van der Waals surface area contributed by atoms with E-state index < -0.39 is 17.0 Å². The maximum atomic E-state index is 12.3. The molecule has 0 spiro atoms. The van der Waals surface area contributed by atoms with E-state index in [4.69, 9.17) is 4.42 Å². The van der Waals surface area contributed by atoms with Gasteiger partial charge in [-0.3, -0.25) is 10.1 Å². The maximum Gasteiger partial charge on any atom is 0.320 e. The number of amides is 2. The van der Waals surface area contributed by atoms with E-state index in [1.165, 1.54) is 24.3 Å². The van der Waals surface area contributed by atoms with E-state index >= 15 is 0 Å². The summed E-state index contributed by atoms with van der Waals surface area (Å²) in [7, 11) is 0. The number of anilines is 1. The van der Waals surface area contributed by atoms with Crippen molar-refractivity contribution >= 4 is 17.4 Å². The molecular weight excluding hydrogens is 322 g/mol. The minimum absolute atomic E-state index is 0.0382. The number of rotatable bonds is 5. The van der Waals surface area contributed by atoms with Crippen molar-refractivity contribution in [1.29, 1.82) is 0 Å². The average Bonchev–Trinajstić information content (AvgIpc) is 3.15. The molecule has 1 heterocycles. The van der Waals surface area contributed by atoms with Crippen molar-refractivity contribution in [3.8, 4) is 0 Å². The second-order valence-electron chi connectivity index (χ2n) is 5.26. The predicted molar refractivity (Wildman–Crippen MR) is 92.2 cm³/mol. The molecule has 25 heavy (non-hydrogen) atoms. The second kappa shape index (κ2) is 7.31. The highest BCUT2D eigenvalue weighted by Crippen LogP contribution is 2.22. The largest absolute Gasteiger partial charge is 0.467 e. The number of carbonyl (C=O) groups is 1. The van der Waals surface area contributed by atoms with Crippen molar-refractivity contribution < 1.29 is 14.1 Å². The number of non-ortho nitro benzene ring substituents is 1. The molecule has 2 amide bonds. The monoisotopic (exact) mass is 337 g/mol. The Balaban J connectivity index is 1.73. The summed E-state index contributed by atoms with van der Waals surface area (Å²) in [4.78, 5) is 22.5. The summed E-state index contributed by atoms with van der Waals surface area (Å²) in [5.74, 6) is 0.602. The number of nitrogens with zero attached hydrogens (tertiary/aromatic N) is 1. The molecule has 0 bridgehead atoms. The van der Waals surface area contributed by atoms with Crippen LogP contribution in [0.1, 0.15) is 17.4 Å². The summed E-state index contributed by atoms with van der Waals surface area (Å²) in [6, 6.07) is 17.7. The fourth-order valence-corrected chi connectivity index (χ4v) is 2.38. The van der Waals surface area contributed by atoms with Crippen molar-refractivity contribution in [2.45, 2.75) is 6.04 Å². The van der Waals surface area contributed by atoms with Crippen LogP contribution < -0.4 is 10.6 Å². The highest BCUT2D eigenvalue weighted by atomic mass is 16.6. The van der Waals surface area contributed by atoms with Gasteiger partial charge in [0.15, 0.2) is 0 Å². The van der Waals surface area contributed by atoms with Crippen LogP contribution >= 0.6 is 0 Å². The van der Waals surface area contributed by atoms with Gasteiger partial charge in [0.05, 0.1) is 11.2 Å². The van der Waals surface area contributed by atoms with Gasteiger partial charge in [-0.05, 0) is 29.8 Å². The number of hydrogen-bond acceptors (Lipinski definition) is 4. The highest BCUT2D eigenvalue weighted by molar-refractivity contribution is 5.89. The second-order valence-corrected chi connectivity index (χ2v) is 5.26. The van der Waals surface area contributed by atoms with E-state index in [1.807, 2.05) is 30.3 Å². The van der Waals surface area contributed by atoms with Crippen LogP contribution in [0.15, 0.2) is 77.4 Å². The fourth-order valence-electron chi connectivity index (χ4n) is 2.38. The molecular formula is C18H15N3O4.